The SMILES string of the molecule is CN(Cc1ccc(Br)cc1)C(=O)c1ccc(Cl)cn1. The van der Waals surface area contributed by atoms with Crippen molar-refractivity contribution in [3.05, 3.63) is 63.3 Å². The first-order valence-corrected chi connectivity index (χ1v) is 6.85. The maximum absolute atomic E-state index is 12.1. The van der Waals surface area contributed by atoms with Gasteiger partial charge in [0.1, 0.15) is 5.69 Å². The van der Waals surface area contributed by atoms with Gasteiger partial charge in [-0.1, -0.05) is 39.7 Å². The van der Waals surface area contributed by atoms with Crippen LogP contribution >= 0.6 is 27.5 Å². The smallest absolute Gasteiger partial charge is 0.272 e. The first kappa shape index (κ1) is 14.0. The van der Waals surface area contributed by atoms with Crippen molar-refractivity contribution in [2.24, 2.45) is 0 Å². The van der Waals surface area contributed by atoms with Crippen LogP contribution in [0.5, 0.6) is 0 Å². The van der Waals surface area contributed by atoms with E-state index in [4.69, 9.17) is 11.6 Å². The van der Waals surface area contributed by atoms with Crippen LogP contribution in [0, 0.1) is 0 Å². The lowest BCUT2D eigenvalue weighted by Gasteiger charge is -2.16. The normalized spacial score (nSPS) is 10.3. The number of halogens is 2. The number of amides is 1. The van der Waals surface area contributed by atoms with E-state index in [0.29, 0.717) is 17.3 Å². The van der Waals surface area contributed by atoms with Crippen molar-refractivity contribution in [3.63, 3.8) is 0 Å². The van der Waals surface area contributed by atoms with E-state index in [9.17, 15) is 4.79 Å². The highest BCUT2D eigenvalue weighted by molar-refractivity contribution is 9.10. The Morgan fingerprint density at radius 1 is 1.26 bits per heavy atom. The van der Waals surface area contributed by atoms with Gasteiger partial charge in [0.2, 0.25) is 0 Å². The van der Waals surface area contributed by atoms with Gasteiger partial charge >= 0.3 is 0 Å². The highest BCUT2D eigenvalue weighted by Gasteiger charge is 2.13. The van der Waals surface area contributed by atoms with Gasteiger partial charge in [-0.15, -0.1) is 0 Å². The molecule has 2 aromatic rings. The van der Waals surface area contributed by atoms with Gasteiger partial charge in [0, 0.05) is 24.3 Å². The minimum absolute atomic E-state index is 0.125. The first-order valence-electron chi connectivity index (χ1n) is 5.68. The summed E-state index contributed by atoms with van der Waals surface area (Å²) in [4.78, 5) is 17.8. The molecule has 1 aromatic heterocycles. The van der Waals surface area contributed by atoms with Gasteiger partial charge in [-0.3, -0.25) is 4.79 Å². The Hall–Kier alpha value is -1.39. The molecular weight excluding hydrogens is 328 g/mol. The van der Waals surface area contributed by atoms with E-state index in [1.54, 1.807) is 24.1 Å². The number of hydrogen-bond donors (Lipinski definition) is 0. The third kappa shape index (κ3) is 3.78. The maximum atomic E-state index is 12.1. The molecule has 1 amide bonds. The largest absolute Gasteiger partial charge is 0.336 e. The van der Waals surface area contributed by atoms with E-state index in [0.717, 1.165) is 10.0 Å². The first-order chi connectivity index (χ1) is 9.06. The Kier molecular flexibility index (Phi) is 4.56. The summed E-state index contributed by atoms with van der Waals surface area (Å²) in [7, 11) is 1.75. The Labute approximate surface area is 125 Å². The minimum Gasteiger partial charge on any atom is -0.336 e. The summed E-state index contributed by atoms with van der Waals surface area (Å²) in [6.45, 7) is 0.538. The van der Waals surface area contributed by atoms with Crippen molar-refractivity contribution in [1.82, 2.24) is 9.88 Å². The minimum atomic E-state index is -0.125. The molecular formula is C14H12BrClN2O. The molecule has 1 heterocycles. The van der Waals surface area contributed by atoms with Crippen LogP contribution in [0.1, 0.15) is 16.1 Å². The molecule has 0 atom stereocenters. The van der Waals surface area contributed by atoms with Gasteiger partial charge in [0.05, 0.1) is 5.02 Å². The van der Waals surface area contributed by atoms with Crippen LogP contribution in [0.2, 0.25) is 5.02 Å². The molecule has 0 fully saturated rings. The number of carbonyl (C=O) groups excluding carboxylic acids is 1. The van der Waals surface area contributed by atoms with E-state index in [1.807, 2.05) is 24.3 Å². The third-order valence-corrected chi connectivity index (χ3v) is 3.38. The molecule has 1 aromatic carbocycles. The number of hydrogen-bond acceptors (Lipinski definition) is 2. The molecule has 0 N–H and O–H groups in total. The van der Waals surface area contributed by atoms with Gasteiger partial charge in [-0.25, -0.2) is 4.98 Å². The van der Waals surface area contributed by atoms with Crippen LogP contribution in [0.15, 0.2) is 47.1 Å². The summed E-state index contributed by atoms with van der Waals surface area (Å²) in [5.41, 5.74) is 1.46. The van der Waals surface area contributed by atoms with Crippen LogP contribution in [0.25, 0.3) is 0 Å². The lowest BCUT2D eigenvalue weighted by atomic mass is 10.2. The molecule has 5 heteroatoms. The van der Waals surface area contributed by atoms with Crippen LogP contribution < -0.4 is 0 Å². The Bertz CT molecular complexity index is 569. The van der Waals surface area contributed by atoms with Gasteiger partial charge in [-0.2, -0.15) is 0 Å². The molecule has 0 radical (unpaired) electrons. The maximum Gasteiger partial charge on any atom is 0.272 e. The molecule has 0 unspecified atom stereocenters. The highest BCUT2D eigenvalue weighted by atomic mass is 79.9. The van der Waals surface area contributed by atoms with Gasteiger partial charge in [0.25, 0.3) is 5.91 Å². The van der Waals surface area contributed by atoms with Gasteiger partial charge < -0.3 is 4.90 Å². The summed E-state index contributed by atoms with van der Waals surface area (Å²) in [6.07, 6.45) is 1.47. The highest BCUT2D eigenvalue weighted by Crippen LogP contribution is 2.13. The molecule has 0 bridgehead atoms. The van der Waals surface area contributed by atoms with Crippen LogP contribution in [-0.4, -0.2) is 22.8 Å². The van der Waals surface area contributed by atoms with Crippen LogP contribution in [-0.2, 0) is 6.54 Å². The second kappa shape index (κ2) is 6.17. The molecule has 0 aliphatic rings. The fourth-order valence-electron chi connectivity index (χ4n) is 1.63. The average Bonchev–Trinajstić information content (AvgIpc) is 2.41. The van der Waals surface area contributed by atoms with E-state index >= 15 is 0 Å². The summed E-state index contributed by atoms with van der Waals surface area (Å²) >= 11 is 9.13. The summed E-state index contributed by atoms with van der Waals surface area (Å²) in [6, 6.07) is 11.1. The van der Waals surface area contributed by atoms with Crippen molar-refractivity contribution in [1.29, 1.82) is 0 Å². The number of benzene rings is 1. The number of carbonyl (C=O) groups is 1. The Morgan fingerprint density at radius 2 is 1.95 bits per heavy atom. The molecule has 3 nitrogen and oxygen atoms in total. The number of rotatable bonds is 3. The lowest BCUT2D eigenvalue weighted by molar-refractivity contribution is 0.0779. The van der Waals surface area contributed by atoms with Gasteiger partial charge in [0.15, 0.2) is 0 Å². The number of pyridine rings is 1. The van der Waals surface area contributed by atoms with Crippen molar-refractivity contribution in [2.45, 2.75) is 6.54 Å². The summed E-state index contributed by atoms with van der Waals surface area (Å²) in [5.74, 6) is -0.125. The standard InChI is InChI=1S/C14H12BrClN2O/c1-18(9-10-2-4-11(15)5-3-10)14(19)13-7-6-12(16)8-17-13/h2-8H,9H2,1H3. The van der Waals surface area contributed by atoms with E-state index in [2.05, 4.69) is 20.9 Å². The number of aromatic nitrogens is 1. The van der Waals surface area contributed by atoms with Crippen molar-refractivity contribution >= 4 is 33.4 Å². The second-order valence-electron chi connectivity index (χ2n) is 4.15. The zero-order valence-corrected chi connectivity index (χ0v) is 12.6. The van der Waals surface area contributed by atoms with Crippen molar-refractivity contribution in [3.8, 4) is 0 Å². The quantitative estimate of drug-likeness (QED) is 0.853. The third-order valence-electron chi connectivity index (χ3n) is 2.63. The lowest BCUT2D eigenvalue weighted by Crippen LogP contribution is -2.26. The molecule has 0 saturated heterocycles. The Balaban J connectivity index is 2.07. The molecule has 2 rings (SSSR count). The van der Waals surface area contributed by atoms with E-state index < -0.39 is 0 Å². The topological polar surface area (TPSA) is 33.2 Å². The van der Waals surface area contributed by atoms with Crippen LogP contribution in [0.3, 0.4) is 0 Å². The summed E-state index contributed by atoms with van der Waals surface area (Å²) < 4.78 is 1.02. The number of nitrogens with zero attached hydrogens (tertiary/aromatic N) is 2. The second-order valence-corrected chi connectivity index (χ2v) is 5.50. The molecule has 0 saturated carbocycles. The van der Waals surface area contributed by atoms with E-state index in [-0.39, 0.29) is 5.91 Å². The fourth-order valence-corrected chi connectivity index (χ4v) is 2.01. The molecule has 0 spiro atoms. The average molecular weight is 340 g/mol. The molecule has 19 heavy (non-hydrogen) atoms. The zero-order valence-electron chi connectivity index (χ0n) is 10.3. The predicted octanol–water partition coefficient (Wildman–Crippen LogP) is 3.77. The predicted molar refractivity (Wildman–Crippen MR) is 79.2 cm³/mol. The van der Waals surface area contributed by atoms with Crippen molar-refractivity contribution < 1.29 is 4.79 Å². The monoisotopic (exact) mass is 338 g/mol. The van der Waals surface area contributed by atoms with Gasteiger partial charge in [-0.05, 0) is 29.8 Å². The van der Waals surface area contributed by atoms with Crippen molar-refractivity contribution in [2.75, 3.05) is 7.05 Å². The molecule has 0 aliphatic heterocycles. The Morgan fingerprint density at radius 3 is 2.53 bits per heavy atom. The summed E-state index contributed by atoms with van der Waals surface area (Å²) in [5, 5.41) is 0.520. The molecule has 0 aliphatic carbocycles. The zero-order chi connectivity index (χ0) is 13.8. The fraction of sp³-hybridized carbons (Fsp3) is 0.143. The molecule has 98 valence electrons. The van der Waals surface area contributed by atoms with Crippen LogP contribution in [0.4, 0.5) is 0 Å². The van der Waals surface area contributed by atoms with E-state index in [1.165, 1.54) is 6.20 Å².